The van der Waals surface area contributed by atoms with E-state index in [1.807, 2.05) is 0 Å². The zero-order valence-electron chi connectivity index (χ0n) is 10.2. The summed E-state index contributed by atoms with van der Waals surface area (Å²) in [7, 11) is 0. The van der Waals surface area contributed by atoms with Crippen LogP contribution in [0.25, 0.3) is 0 Å². The summed E-state index contributed by atoms with van der Waals surface area (Å²) in [6, 6.07) is 11.1. The van der Waals surface area contributed by atoms with Crippen LogP contribution in [0, 0.1) is 0 Å². The van der Waals surface area contributed by atoms with Crippen molar-refractivity contribution in [3.05, 3.63) is 63.1 Å². The third kappa shape index (κ3) is 3.37. The summed E-state index contributed by atoms with van der Waals surface area (Å²) in [5.74, 6) is -0.583. The zero-order valence-corrected chi connectivity index (χ0v) is 12.5. The van der Waals surface area contributed by atoms with Gasteiger partial charge in [0.25, 0.3) is 0 Å². The molecule has 0 heterocycles. The minimum atomic E-state index is -0.838. The number of halogens is 3. The van der Waals surface area contributed by atoms with E-state index in [2.05, 4.69) is 5.32 Å². The molecule has 2 aromatic rings. The molecule has 1 amide bonds. The molecular weight excluding hydrogens is 319 g/mol. The molecule has 0 aliphatic rings. The number of primary amides is 1. The van der Waals surface area contributed by atoms with Crippen molar-refractivity contribution in [1.29, 1.82) is 0 Å². The average molecular weight is 330 g/mol. The molecule has 0 spiro atoms. The summed E-state index contributed by atoms with van der Waals surface area (Å²) in [6.07, 6.45) is 0. The molecule has 3 N–H and O–H groups in total. The van der Waals surface area contributed by atoms with Crippen LogP contribution in [0.3, 0.4) is 0 Å². The Labute approximate surface area is 131 Å². The Hall–Kier alpha value is -1.42. The largest absolute Gasteiger partial charge is 0.370 e. The molecule has 0 aromatic heterocycles. The number of benzene rings is 2. The summed E-state index contributed by atoms with van der Waals surface area (Å²) in [5, 5.41) is 4.28. The summed E-state index contributed by atoms with van der Waals surface area (Å²) in [6.45, 7) is 0. The third-order valence-corrected chi connectivity index (χ3v) is 3.60. The quantitative estimate of drug-likeness (QED) is 0.879. The maximum atomic E-state index is 11.7. The van der Waals surface area contributed by atoms with Crippen LogP contribution in [-0.4, -0.2) is 5.91 Å². The van der Waals surface area contributed by atoms with Crippen LogP contribution >= 0.6 is 34.8 Å². The van der Waals surface area contributed by atoms with E-state index in [-0.39, 0.29) is 0 Å². The van der Waals surface area contributed by atoms with Crippen molar-refractivity contribution in [2.24, 2.45) is 5.73 Å². The Bertz CT molecular complexity index is 626. The second-order valence-electron chi connectivity index (χ2n) is 4.13. The van der Waals surface area contributed by atoms with E-state index < -0.39 is 11.9 Å². The van der Waals surface area contributed by atoms with Crippen LogP contribution in [0.5, 0.6) is 0 Å². The van der Waals surface area contributed by atoms with Crippen molar-refractivity contribution < 1.29 is 4.79 Å². The maximum Gasteiger partial charge on any atom is 0.244 e. The standard InChI is InChI=1S/C14H11Cl3N2O/c15-8-3-1-4-9(7-8)19-13(14(18)20)12-10(16)5-2-6-11(12)17/h1-7,13,19H,(H2,18,20). The molecule has 0 bridgehead atoms. The Morgan fingerprint density at radius 1 is 1.05 bits per heavy atom. The summed E-state index contributed by atoms with van der Waals surface area (Å²) in [4.78, 5) is 11.7. The van der Waals surface area contributed by atoms with Gasteiger partial charge in [0.15, 0.2) is 0 Å². The third-order valence-electron chi connectivity index (χ3n) is 2.71. The van der Waals surface area contributed by atoms with E-state index >= 15 is 0 Å². The first-order valence-electron chi connectivity index (χ1n) is 5.74. The van der Waals surface area contributed by atoms with E-state index in [1.54, 1.807) is 42.5 Å². The first-order chi connectivity index (χ1) is 9.49. The van der Waals surface area contributed by atoms with Crippen LogP contribution < -0.4 is 11.1 Å². The lowest BCUT2D eigenvalue weighted by molar-refractivity contribution is -0.118. The second-order valence-corrected chi connectivity index (χ2v) is 5.38. The molecule has 0 saturated heterocycles. The topological polar surface area (TPSA) is 55.1 Å². The Morgan fingerprint density at radius 3 is 2.20 bits per heavy atom. The molecular formula is C14H11Cl3N2O. The lowest BCUT2D eigenvalue weighted by Crippen LogP contribution is -2.28. The number of amides is 1. The van der Waals surface area contributed by atoms with E-state index in [0.29, 0.717) is 26.3 Å². The monoisotopic (exact) mass is 328 g/mol. The van der Waals surface area contributed by atoms with Gasteiger partial charge in [-0.15, -0.1) is 0 Å². The molecule has 6 heteroatoms. The highest BCUT2D eigenvalue weighted by molar-refractivity contribution is 6.36. The molecule has 2 aromatic carbocycles. The zero-order chi connectivity index (χ0) is 14.7. The van der Waals surface area contributed by atoms with E-state index in [0.717, 1.165) is 0 Å². The summed E-state index contributed by atoms with van der Waals surface area (Å²) < 4.78 is 0. The first kappa shape index (κ1) is 15.0. The number of anilines is 1. The minimum Gasteiger partial charge on any atom is -0.370 e. The summed E-state index contributed by atoms with van der Waals surface area (Å²) in [5.41, 5.74) is 6.54. The predicted octanol–water partition coefficient (Wildman–Crippen LogP) is 4.29. The molecule has 1 atom stereocenters. The number of nitrogens with one attached hydrogen (secondary N) is 1. The molecule has 0 saturated carbocycles. The number of hydrogen-bond acceptors (Lipinski definition) is 2. The SMILES string of the molecule is NC(=O)C(Nc1cccc(Cl)c1)c1c(Cl)cccc1Cl. The Balaban J connectivity index is 2.40. The normalized spacial score (nSPS) is 11.9. The highest BCUT2D eigenvalue weighted by Crippen LogP contribution is 2.32. The van der Waals surface area contributed by atoms with Gasteiger partial charge < -0.3 is 11.1 Å². The van der Waals surface area contributed by atoms with Gasteiger partial charge >= 0.3 is 0 Å². The highest BCUT2D eigenvalue weighted by atomic mass is 35.5. The van der Waals surface area contributed by atoms with Crippen LogP contribution in [0.2, 0.25) is 15.1 Å². The van der Waals surface area contributed by atoms with Gasteiger partial charge in [0.2, 0.25) is 5.91 Å². The molecule has 104 valence electrons. The average Bonchev–Trinajstić information content (AvgIpc) is 2.37. The van der Waals surface area contributed by atoms with Crippen molar-refractivity contribution in [1.82, 2.24) is 0 Å². The molecule has 0 radical (unpaired) electrons. The number of nitrogens with two attached hydrogens (primary N) is 1. The van der Waals surface area contributed by atoms with Crippen LogP contribution in [0.15, 0.2) is 42.5 Å². The minimum absolute atomic E-state index is 0.371. The molecule has 0 aliphatic carbocycles. The number of carbonyl (C=O) groups is 1. The van der Waals surface area contributed by atoms with Crippen molar-refractivity contribution in [2.45, 2.75) is 6.04 Å². The Kier molecular flexibility index (Phi) is 4.76. The van der Waals surface area contributed by atoms with Crippen molar-refractivity contribution in [3.8, 4) is 0 Å². The number of rotatable bonds is 4. The van der Waals surface area contributed by atoms with E-state index in [4.69, 9.17) is 40.5 Å². The van der Waals surface area contributed by atoms with Gasteiger partial charge in [-0.3, -0.25) is 4.79 Å². The molecule has 20 heavy (non-hydrogen) atoms. The fourth-order valence-electron chi connectivity index (χ4n) is 1.82. The molecule has 3 nitrogen and oxygen atoms in total. The summed E-state index contributed by atoms with van der Waals surface area (Å²) >= 11 is 18.1. The van der Waals surface area contributed by atoms with Gasteiger partial charge in [-0.25, -0.2) is 0 Å². The number of carbonyl (C=O) groups excluding carboxylic acids is 1. The molecule has 0 fully saturated rings. The van der Waals surface area contributed by atoms with Gasteiger partial charge in [-0.05, 0) is 30.3 Å². The van der Waals surface area contributed by atoms with E-state index in [1.165, 1.54) is 0 Å². The van der Waals surface area contributed by atoms with Gasteiger partial charge in [0.1, 0.15) is 6.04 Å². The highest BCUT2D eigenvalue weighted by Gasteiger charge is 2.23. The predicted molar refractivity (Wildman–Crippen MR) is 83.5 cm³/mol. The van der Waals surface area contributed by atoms with Gasteiger partial charge in [0, 0.05) is 26.3 Å². The van der Waals surface area contributed by atoms with Crippen molar-refractivity contribution in [3.63, 3.8) is 0 Å². The molecule has 0 aliphatic heterocycles. The lowest BCUT2D eigenvalue weighted by Gasteiger charge is -2.19. The maximum absolute atomic E-state index is 11.7. The fraction of sp³-hybridized carbons (Fsp3) is 0.0714. The lowest BCUT2D eigenvalue weighted by atomic mass is 10.1. The molecule has 1 unspecified atom stereocenters. The van der Waals surface area contributed by atoms with E-state index in [9.17, 15) is 4.79 Å². The Morgan fingerprint density at radius 2 is 1.65 bits per heavy atom. The first-order valence-corrected chi connectivity index (χ1v) is 6.88. The van der Waals surface area contributed by atoms with Crippen LogP contribution in [0.1, 0.15) is 11.6 Å². The van der Waals surface area contributed by atoms with Gasteiger partial charge in [-0.1, -0.05) is 46.9 Å². The van der Waals surface area contributed by atoms with Crippen LogP contribution in [0.4, 0.5) is 5.69 Å². The number of hydrogen-bond donors (Lipinski definition) is 2. The molecule has 2 rings (SSSR count). The fourth-order valence-corrected chi connectivity index (χ4v) is 2.62. The smallest absolute Gasteiger partial charge is 0.244 e. The van der Waals surface area contributed by atoms with Gasteiger partial charge in [0.05, 0.1) is 0 Å². The van der Waals surface area contributed by atoms with Crippen molar-refractivity contribution >= 4 is 46.4 Å². The van der Waals surface area contributed by atoms with Crippen molar-refractivity contribution in [2.75, 3.05) is 5.32 Å². The van der Waals surface area contributed by atoms with Crippen LogP contribution in [-0.2, 0) is 4.79 Å². The van der Waals surface area contributed by atoms with Gasteiger partial charge in [-0.2, -0.15) is 0 Å². The second kappa shape index (κ2) is 6.35.